The van der Waals surface area contributed by atoms with Gasteiger partial charge in [0.25, 0.3) is 5.69 Å². The van der Waals surface area contributed by atoms with Crippen LogP contribution >= 0.6 is 0 Å². The van der Waals surface area contributed by atoms with Crippen LogP contribution in [0.4, 0.5) is 5.69 Å². The Labute approximate surface area is 204 Å². The molecule has 3 rings (SSSR count). The van der Waals surface area contributed by atoms with E-state index >= 15 is 0 Å². The SMILES string of the molecule is O=C(NCc1ccccc1)[C@H](Cc1ccccc1)C[C@H](O)CNS(=O)(=O)c1ccc([N+](=O)[O-])cc1. The Bertz CT molecular complexity index is 1220. The third-order valence-corrected chi connectivity index (χ3v) is 6.87. The number of carbonyl (C=O) groups excluding carboxylic acids is 1. The van der Waals surface area contributed by atoms with Gasteiger partial charge in [0.05, 0.1) is 15.9 Å². The predicted octanol–water partition coefficient (Wildman–Crippen LogP) is 2.80. The number of hydrogen-bond donors (Lipinski definition) is 3. The van der Waals surface area contributed by atoms with Crippen LogP contribution in [0.25, 0.3) is 0 Å². The number of hydrogen-bond acceptors (Lipinski definition) is 6. The molecule has 184 valence electrons. The number of nitro benzene ring substituents is 1. The lowest BCUT2D eigenvalue weighted by molar-refractivity contribution is -0.384. The van der Waals surface area contributed by atoms with Crippen LogP contribution < -0.4 is 10.0 Å². The molecule has 0 aromatic heterocycles. The first-order valence-corrected chi connectivity index (χ1v) is 12.5. The Hall–Kier alpha value is -3.60. The van der Waals surface area contributed by atoms with E-state index in [0.29, 0.717) is 13.0 Å². The molecule has 10 heteroatoms. The zero-order valence-corrected chi connectivity index (χ0v) is 19.7. The number of aliphatic hydroxyl groups excluding tert-OH is 1. The fraction of sp³-hybridized carbons (Fsp3) is 0.240. The zero-order chi connectivity index (χ0) is 25.3. The number of nitrogens with one attached hydrogen (secondary N) is 2. The quantitative estimate of drug-likeness (QED) is 0.260. The van der Waals surface area contributed by atoms with Crippen LogP contribution in [-0.4, -0.2) is 37.0 Å². The Morgan fingerprint density at radius 2 is 1.49 bits per heavy atom. The second-order valence-corrected chi connectivity index (χ2v) is 9.85. The number of aliphatic hydroxyl groups is 1. The van der Waals surface area contributed by atoms with E-state index in [1.165, 1.54) is 0 Å². The van der Waals surface area contributed by atoms with Gasteiger partial charge >= 0.3 is 0 Å². The molecule has 0 saturated heterocycles. The van der Waals surface area contributed by atoms with Crippen molar-refractivity contribution in [1.82, 2.24) is 10.0 Å². The summed E-state index contributed by atoms with van der Waals surface area (Å²) >= 11 is 0. The maximum atomic E-state index is 13.0. The minimum absolute atomic E-state index is 0.0400. The summed E-state index contributed by atoms with van der Waals surface area (Å²) < 4.78 is 27.3. The summed E-state index contributed by atoms with van der Waals surface area (Å²) in [6.07, 6.45) is -0.703. The van der Waals surface area contributed by atoms with E-state index in [1.54, 1.807) is 0 Å². The number of nitrogens with zero attached hydrogens (tertiary/aromatic N) is 1. The molecule has 0 aliphatic heterocycles. The first kappa shape index (κ1) is 26.0. The highest BCUT2D eigenvalue weighted by Crippen LogP contribution is 2.18. The molecule has 0 unspecified atom stereocenters. The maximum Gasteiger partial charge on any atom is 0.269 e. The van der Waals surface area contributed by atoms with Crippen LogP contribution in [0.1, 0.15) is 17.5 Å². The van der Waals surface area contributed by atoms with Gasteiger partial charge in [0.15, 0.2) is 0 Å². The molecular formula is C25H27N3O6S. The summed E-state index contributed by atoms with van der Waals surface area (Å²) in [6.45, 7) is 0.0322. The van der Waals surface area contributed by atoms with Crippen molar-refractivity contribution in [1.29, 1.82) is 0 Å². The van der Waals surface area contributed by atoms with E-state index in [9.17, 15) is 28.4 Å². The standard InChI is InChI=1S/C25H27N3O6S/c29-23(18-27-35(33,34)24-13-11-22(12-14-24)28(31)32)16-21(15-19-7-3-1-4-8-19)25(30)26-17-20-9-5-2-6-10-20/h1-14,21,23,27,29H,15-18H2,(H,26,30)/t21-,23+/m1/s1. The zero-order valence-electron chi connectivity index (χ0n) is 18.9. The largest absolute Gasteiger partial charge is 0.392 e. The lowest BCUT2D eigenvalue weighted by Gasteiger charge is -2.21. The molecule has 0 radical (unpaired) electrons. The molecule has 35 heavy (non-hydrogen) atoms. The topological polar surface area (TPSA) is 139 Å². The van der Waals surface area contributed by atoms with Crippen molar-refractivity contribution in [3.05, 3.63) is 106 Å². The molecule has 0 spiro atoms. The molecule has 1 amide bonds. The molecule has 0 aliphatic rings. The second kappa shape index (κ2) is 12.2. The molecule has 0 fully saturated rings. The van der Waals surface area contributed by atoms with Crippen molar-refractivity contribution in [2.24, 2.45) is 5.92 Å². The number of carbonyl (C=O) groups is 1. The van der Waals surface area contributed by atoms with E-state index in [0.717, 1.165) is 35.4 Å². The normalized spacial score (nSPS) is 13.1. The fourth-order valence-corrected chi connectivity index (χ4v) is 4.63. The van der Waals surface area contributed by atoms with Gasteiger partial charge in [-0.15, -0.1) is 0 Å². The van der Waals surface area contributed by atoms with Crippen molar-refractivity contribution in [2.45, 2.75) is 30.4 Å². The second-order valence-electron chi connectivity index (χ2n) is 8.08. The lowest BCUT2D eigenvalue weighted by atomic mass is 9.92. The molecular weight excluding hydrogens is 470 g/mol. The minimum atomic E-state index is -3.99. The van der Waals surface area contributed by atoms with Gasteiger partial charge in [-0.3, -0.25) is 14.9 Å². The molecule has 3 N–H and O–H groups in total. The average Bonchev–Trinajstić information content (AvgIpc) is 2.87. The van der Waals surface area contributed by atoms with Gasteiger partial charge in [0.2, 0.25) is 15.9 Å². The van der Waals surface area contributed by atoms with Crippen LogP contribution in [0.5, 0.6) is 0 Å². The summed E-state index contributed by atoms with van der Waals surface area (Å²) in [5, 5.41) is 24.2. The van der Waals surface area contributed by atoms with Gasteiger partial charge in [-0.1, -0.05) is 60.7 Å². The van der Waals surface area contributed by atoms with Crippen LogP contribution in [0.3, 0.4) is 0 Å². The molecule has 9 nitrogen and oxygen atoms in total. The van der Waals surface area contributed by atoms with E-state index < -0.39 is 27.0 Å². The summed E-state index contributed by atoms with van der Waals surface area (Å²) in [7, 11) is -3.99. The molecule has 0 bridgehead atoms. The van der Waals surface area contributed by atoms with Crippen LogP contribution in [0, 0.1) is 16.0 Å². The Balaban J connectivity index is 1.63. The highest BCUT2D eigenvalue weighted by Gasteiger charge is 2.24. The molecule has 2 atom stereocenters. The molecule has 0 aliphatic carbocycles. The number of non-ortho nitro benzene ring substituents is 1. The highest BCUT2D eigenvalue weighted by atomic mass is 32.2. The third kappa shape index (κ3) is 7.99. The van der Waals surface area contributed by atoms with E-state index in [1.807, 2.05) is 60.7 Å². The Kier molecular flexibility index (Phi) is 9.07. The molecule has 0 heterocycles. The van der Waals surface area contributed by atoms with Crippen molar-refractivity contribution in [3.63, 3.8) is 0 Å². The van der Waals surface area contributed by atoms with Crippen molar-refractivity contribution < 1.29 is 23.2 Å². The van der Waals surface area contributed by atoms with Crippen molar-refractivity contribution >= 4 is 21.6 Å². The highest BCUT2D eigenvalue weighted by molar-refractivity contribution is 7.89. The van der Waals surface area contributed by atoms with Crippen molar-refractivity contribution in [3.8, 4) is 0 Å². The van der Waals surface area contributed by atoms with Crippen LogP contribution in [0.15, 0.2) is 89.8 Å². The van der Waals surface area contributed by atoms with Gasteiger partial charge in [-0.05, 0) is 36.1 Å². The van der Waals surface area contributed by atoms with Gasteiger partial charge in [-0.2, -0.15) is 0 Å². The van der Waals surface area contributed by atoms with E-state index in [4.69, 9.17) is 0 Å². The van der Waals surface area contributed by atoms with Crippen molar-refractivity contribution in [2.75, 3.05) is 6.54 Å². The monoisotopic (exact) mass is 497 g/mol. The number of sulfonamides is 1. The van der Waals surface area contributed by atoms with Crippen LogP contribution in [-0.2, 0) is 27.8 Å². The maximum absolute atomic E-state index is 13.0. The summed E-state index contributed by atoms with van der Waals surface area (Å²) in [4.78, 5) is 22.9. The van der Waals surface area contributed by atoms with Gasteiger partial charge in [0.1, 0.15) is 0 Å². The Morgan fingerprint density at radius 1 is 0.914 bits per heavy atom. The molecule has 0 saturated carbocycles. The summed E-state index contributed by atoms with van der Waals surface area (Å²) in [5.74, 6) is -0.824. The Morgan fingerprint density at radius 3 is 2.06 bits per heavy atom. The number of amides is 1. The summed E-state index contributed by atoms with van der Waals surface area (Å²) in [5.41, 5.74) is 1.64. The fourth-order valence-electron chi connectivity index (χ4n) is 3.56. The molecule has 3 aromatic carbocycles. The van der Waals surface area contributed by atoms with Crippen LogP contribution in [0.2, 0.25) is 0 Å². The average molecular weight is 498 g/mol. The number of rotatable bonds is 12. The molecule has 3 aromatic rings. The first-order valence-electron chi connectivity index (χ1n) is 11.0. The van der Waals surface area contributed by atoms with E-state index in [-0.39, 0.29) is 29.5 Å². The minimum Gasteiger partial charge on any atom is -0.392 e. The smallest absolute Gasteiger partial charge is 0.269 e. The first-order chi connectivity index (χ1) is 16.7. The van der Waals surface area contributed by atoms with Gasteiger partial charge in [-0.25, -0.2) is 13.1 Å². The predicted molar refractivity (Wildman–Crippen MR) is 131 cm³/mol. The number of benzene rings is 3. The van der Waals surface area contributed by atoms with Gasteiger partial charge in [0, 0.05) is 31.1 Å². The van der Waals surface area contributed by atoms with E-state index in [2.05, 4.69) is 10.0 Å². The number of nitro groups is 1. The summed E-state index contributed by atoms with van der Waals surface area (Å²) in [6, 6.07) is 23.3. The van der Waals surface area contributed by atoms with Gasteiger partial charge < -0.3 is 10.4 Å². The lowest BCUT2D eigenvalue weighted by Crippen LogP contribution is -2.38. The third-order valence-electron chi connectivity index (χ3n) is 5.43.